The number of aromatic amines is 1. The maximum atomic E-state index is 13.8. The number of tetrazole rings is 1. The van der Waals surface area contributed by atoms with E-state index in [1.807, 2.05) is 43.3 Å². The van der Waals surface area contributed by atoms with E-state index in [1.54, 1.807) is 25.5 Å². The number of unbranched alkanes of at least 4 members (excludes halogenated alkanes) is 1. The number of ether oxygens (including phenoxy) is 1. The summed E-state index contributed by atoms with van der Waals surface area (Å²) >= 11 is 0. The van der Waals surface area contributed by atoms with Crippen LogP contribution in [-0.2, 0) is 12.8 Å². The van der Waals surface area contributed by atoms with Crippen molar-refractivity contribution < 1.29 is 4.74 Å². The molecular formula is C28H29N9O2. The van der Waals surface area contributed by atoms with Crippen molar-refractivity contribution in [3.8, 4) is 34.2 Å². The van der Waals surface area contributed by atoms with Gasteiger partial charge in [0.1, 0.15) is 5.82 Å². The van der Waals surface area contributed by atoms with Crippen LogP contribution in [-0.4, -0.2) is 51.7 Å². The van der Waals surface area contributed by atoms with Crippen molar-refractivity contribution in [2.75, 3.05) is 6.61 Å². The van der Waals surface area contributed by atoms with Crippen LogP contribution in [0.1, 0.15) is 49.5 Å². The van der Waals surface area contributed by atoms with Gasteiger partial charge in [-0.2, -0.15) is 5.21 Å². The Balaban J connectivity index is 1.50. The van der Waals surface area contributed by atoms with Crippen LogP contribution in [0.5, 0.6) is 5.75 Å². The molecule has 0 aliphatic heterocycles. The fourth-order valence-electron chi connectivity index (χ4n) is 4.42. The van der Waals surface area contributed by atoms with E-state index in [9.17, 15) is 4.79 Å². The van der Waals surface area contributed by atoms with E-state index in [0.29, 0.717) is 42.4 Å². The molecule has 5 aromatic rings. The van der Waals surface area contributed by atoms with Crippen LogP contribution in [0.4, 0.5) is 0 Å². The van der Waals surface area contributed by atoms with Crippen LogP contribution in [0.15, 0.2) is 59.8 Å². The summed E-state index contributed by atoms with van der Waals surface area (Å²) in [6.07, 6.45) is 7.91. The van der Waals surface area contributed by atoms with E-state index in [2.05, 4.69) is 37.5 Å². The smallest absolute Gasteiger partial charge is 0.264 e. The molecule has 0 spiro atoms. The van der Waals surface area contributed by atoms with Crippen LogP contribution in [0.2, 0.25) is 0 Å². The molecule has 4 aromatic heterocycles. The molecule has 11 heteroatoms. The van der Waals surface area contributed by atoms with Crippen molar-refractivity contribution in [1.29, 1.82) is 0 Å². The molecule has 39 heavy (non-hydrogen) atoms. The number of rotatable bonds is 10. The van der Waals surface area contributed by atoms with E-state index in [0.717, 1.165) is 40.9 Å². The lowest BCUT2D eigenvalue weighted by atomic mass is 9.99. The van der Waals surface area contributed by atoms with Gasteiger partial charge in [-0.1, -0.05) is 43.7 Å². The molecular weight excluding hydrogens is 494 g/mol. The zero-order valence-corrected chi connectivity index (χ0v) is 22.1. The van der Waals surface area contributed by atoms with E-state index in [-0.39, 0.29) is 11.5 Å². The maximum Gasteiger partial charge on any atom is 0.264 e. The van der Waals surface area contributed by atoms with E-state index in [1.165, 1.54) is 4.57 Å². The zero-order valence-electron chi connectivity index (χ0n) is 22.1. The molecule has 0 amide bonds. The predicted octanol–water partition coefficient (Wildman–Crippen LogP) is 3.91. The molecule has 0 saturated heterocycles. The average molecular weight is 524 g/mol. The van der Waals surface area contributed by atoms with Crippen molar-refractivity contribution in [1.82, 2.24) is 45.1 Å². The van der Waals surface area contributed by atoms with Gasteiger partial charge in [-0.15, -0.1) is 10.2 Å². The Hall–Kier alpha value is -4.80. The molecule has 4 heterocycles. The molecule has 11 nitrogen and oxygen atoms in total. The number of nitrogens with zero attached hydrogens (tertiary/aromatic N) is 8. The zero-order chi connectivity index (χ0) is 27.2. The van der Waals surface area contributed by atoms with Gasteiger partial charge in [0.25, 0.3) is 5.56 Å². The van der Waals surface area contributed by atoms with Gasteiger partial charge in [0.2, 0.25) is 11.8 Å². The highest BCUT2D eigenvalue weighted by Gasteiger charge is 2.19. The molecule has 0 aliphatic carbocycles. The Morgan fingerprint density at radius 2 is 1.77 bits per heavy atom. The lowest BCUT2D eigenvalue weighted by Crippen LogP contribution is -2.29. The minimum Gasteiger partial charge on any atom is -0.491 e. The first kappa shape index (κ1) is 25.8. The average Bonchev–Trinajstić information content (AvgIpc) is 3.50. The second kappa shape index (κ2) is 11.7. The van der Waals surface area contributed by atoms with Crippen LogP contribution in [0, 0.1) is 6.92 Å². The lowest BCUT2D eigenvalue weighted by Gasteiger charge is -2.14. The molecule has 0 saturated carbocycles. The number of nitrogens with one attached hydrogen (secondary N) is 1. The number of H-pyrrole nitrogens is 1. The Bertz CT molecular complexity index is 1600. The Labute approximate surface area is 225 Å². The third-order valence-corrected chi connectivity index (χ3v) is 6.33. The summed E-state index contributed by atoms with van der Waals surface area (Å²) in [6.45, 7) is 6.32. The van der Waals surface area contributed by atoms with E-state index < -0.39 is 0 Å². The molecule has 0 atom stereocenters. The Kier molecular flexibility index (Phi) is 7.76. The molecule has 0 unspecified atom stereocenters. The van der Waals surface area contributed by atoms with Gasteiger partial charge in [-0.3, -0.25) is 9.78 Å². The fraction of sp³-hybridized carbons (Fsp3) is 0.286. The number of benzene rings is 1. The van der Waals surface area contributed by atoms with Crippen LogP contribution in [0.3, 0.4) is 0 Å². The summed E-state index contributed by atoms with van der Waals surface area (Å²) in [7, 11) is 0. The second-order valence-electron chi connectivity index (χ2n) is 8.98. The van der Waals surface area contributed by atoms with Gasteiger partial charge in [-0.25, -0.2) is 19.5 Å². The van der Waals surface area contributed by atoms with Crippen LogP contribution < -0.4 is 10.3 Å². The Morgan fingerprint density at radius 1 is 0.974 bits per heavy atom. The molecule has 1 aromatic carbocycles. The topological polar surface area (TPSA) is 137 Å². The minimum absolute atomic E-state index is 0.189. The standard InChI is InChI=1S/C28H29N9O2/c1-4-6-11-25-24(27(38)37(18(3)32-25)28-30-16-21(17-31-28)39-5-2)14-20-13-12-19(15-29-20)22-9-7-8-10-23(22)26-33-35-36-34-26/h7-10,12-13,15-17H,4-6,11,14H2,1-3H3,(H,33,34,35,36). The van der Waals surface area contributed by atoms with Crippen molar-refractivity contribution in [2.24, 2.45) is 0 Å². The highest BCUT2D eigenvalue weighted by Crippen LogP contribution is 2.29. The van der Waals surface area contributed by atoms with Gasteiger partial charge in [0, 0.05) is 35.0 Å². The SMILES string of the molecule is CCCCc1nc(C)n(-c2ncc(OCC)cn2)c(=O)c1Cc1ccc(-c2ccccc2-c2nn[nH]n2)cn1. The highest BCUT2D eigenvalue weighted by atomic mass is 16.5. The summed E-state index contributed by atoms with van der Waals surface area (Å²) in [6, 6.07) is 11.7. The van der Waals surface area contributed by atoms with Crippen molar-refractivity contribution >= 4 is 0 Å². The number of hydrogen-bond acceptors (Lipinski definition) is 9. The fourth-order valence-corrected chi connectivity index (χ4v) is 4.42. The minimum atomic E-state index is -0.189. The first-order valence-electron chi connectivity index (χ1n) is 12.9. The monoisotopic (exact) mass is 523 g/mol. The summed E-state index contributed by atoms with van der Waals surface area (Å²) < 4.78 is 6.90. The quantitative estimate of drug-likeness (QED) is 0.289. The van der Waals surface area contributed by atoms with Gasteiger partial charge < -0.3 is 4.74 Å². The molecule has 5 rings (SSSR count). The first-order chi connectivity index (χ1) is 19.1. The molecule has 0 radical (unpaired) electrons. The first-order valence-corrected chi connectivity index (χ1v) is 12.9. The normalized spacial score (nSPS) is 11.1. The highest BCUT2D eigenvalue weighted by molar-refractivity contribution is 5.79. The summed E-state index contributed by atoms with van der Waals surface area (Å²) in [5, 5.41) is 14.4. The van der Waals surface area contributed by atoms with Crippen molar-refractivity contribution in [3.05, 3.63) is 88.1 Å². The van der Waals surface area contributed by atoms with Gasteiger partial charge >= 0.3 is 0 Å². The summed E-state index contributed by atoms with van der Waals surface area (Å²) in [5.74, 6) is 1.86. The third kappa shape index (κ3) is 5.57. The van der Waals surface area contributed by atoms with Crippen LogP contribution >= 0.6 is 0 Å². The summed E-state index contributed by atoms with van der Waals surface area (Å²) in [4.78, 5) is 32.0. The Morgan fingerprint density at radius 3 is 2.44 bits per heavy atom. The second-order valence-corrected chi connectivity index (χ2v) is 8.98. The predicted molar refractivity (Wildman–Crippen MR) is 146 cm³/mol. The maximum absolute atomic E-state index is 13.8. The van der Waals surface area contributed by atoms with E-state index >= 15 is 0 Å². The number of hydrogen-bond donors (Lipinski definition) is 1. The molecule has 198 valence electrons. The molecule has 0 aliphatic rings. The van der Waals surface area contributed by atoms with Crippen molar-refractivity contribution in [2.45, 2.75) is 46.5 Å². The number of aryl methyl sites for hydroxylation is 2. The van der Waals surface area contributed by atoms with Crippen LogP contribution in [0.25, 0.3) is 28.5 Å². The lowest BCUT2D eigenvalue weighted by molar-refractivity contribution is 0.337. The molecule has 0 fully saturated rings. The number of pyridine rings is 1. The molecule has 1 N–H and O–H groups in total. The largest absolute Gasteiger partial charge is 0.491 e. The summed E-state index contributed by atoms with van der Waals surface area (Å²) in [5.41, 5.74) is 4.65. The number of aromatic nitrogens is 9. The van der Waals surface area contributed by atoms with Gasteiger partial charge in [0.05, 0.1) is 24.7 Å². The van der Waals surface area contributed by atoms with Crippen molar-refractivity contribution in [3.63, 3.8) is 0 Å². The molecule has 0 bridgehead atoms. The third-order valence-electron chi connectivity index (χ3n) is 6.33. The van der Waals surface area contributed by atoms with Gasteiger partial charge in [-0.05, 0) is 43.5 Å². The van der Waals surface area contributed by atoms with Gasteiger partial charge in [0.15, 0.2) is 5.75 Å². The van der Waals surface area contributed by atoms with E-state index in [4.69, 9.17) is 14.7 Å².